The van der Waals surface area contributed by atoms with Crippen molar-refractivity contribution in [3.63, 3.8) is 0 Å². The molecule has 1 atom stereocenters. The van der Waals surface area contributed by atoms with Gasteiger partial charge in [0.05, 0.1) is 6.61 Å². The lowest BCUT2D eigenvalue weighted by Gasteiger charge is -2.26. The molecule has 1 aromatic rings. The fraction of sp³-hybridized carbons (Fsp3) is 0.600. The number of para-hydroxylation sites is 1. The number of rotatable bonds is 5. The van der Waals surface area contributed by atoms with E-state index in [0.717, 1.165) is 30.9 Å². The van der Waals surface area contributed by atoms with Gasteiger partial charge in [0.2, 0.25) is 0 Å². The van der Waals surface area contributed by atoms with Crippen LogP contribution in [0.3, 0.4) is 0 Å². The molecule has 0 saturated heterocycles. The van der Waals surface area contributed by atoms with Gasteiger partial charge < -0.3 is 15.2 Å². The molecule has 2 N–H and O–H groups in total. The summed E-state index contributed by atoms with van der Waals surface area (Å²) < 4.78 is 5.66. The number of hydrogen-bond donors (Lipinski definition) is 2. The van der Waals surface area contributed by atoms with Crippen molar-refractivity contribution in [1.29, 1.82) is 0 Å². The number of fused-ring (bicyclic) bond motifs is 1. The van der Waals surface area contributed by atoms with Gasteiger partial charge in [-0.15, -0.1) is 0 Å². The lowest BCUT2D eigenvalue weighted by molar-refractivity contribution is 0.0537. The average Bonchev–Trinajstić information content (AvgIpc) is 2.75. The van der Waals surface area contributed by atoms with E-state index in [1.54, 1.807) is 0 Å². The third kappa shape index (κ3) is 2.85. The molecule has 0 radical (unpaired) electrons. The maximum Gasteiger partial charge on any atom is 0.128 e. The van der Waals surface area contributed by atoms with Gasteiger partial charge in [0.15, 0.2) is 0 Å². The number of nitrogens with one attached hydrogen (secondary N) is 1. The zero-order chi connectivity index (χ0) is 13.2. The van der Waals surface area contributed by atoms with Gasteiger partial charge in [-0.05, 0) is 24.9 Å². The monoisotopic (exact) mass is 249 g/mol. The van der Waals surface area contributed by atoms with Crippen LogP contribution in [-0.2, 0) is 12.0 Å². The summed E-state index contributed by atoms with van der Waals surface area (Å²) in [6.45, 7) is 8.34. The second kappa shape index (κ2) is 5.29. The van der Waals surface area contributed by atoms with E-state index in [0.29, 0.717) is 12.5 Å². The molecule has 1 aliphatic heterocycles. The Morgan fingerprint density at radius 1 is 1.44 bits per heavy atom. The molecule has 2 rings (SSSR count). The number of ether oxygens (including phenoxy) is 1. The molecule has 0 amide bonds. The van der Waals surface area contributed by atoms with Gasteiger partial charge >= 0.3 is 0 Å². The Labute approximate surface area is 109 Å². The van der Waals surface area contributed by atoms with Crippen molar-refractivity contribution >= 4 is 0 Å². The van der Waals surface area contributed by atoms with E-state index in [9.17, 15) is 5.11 Å². The normalized spacial score (nSPS) is 17.4. The largest absolute Gasteiger partial charge is 0.493 e. The molecule has 1 aromatic carbocycles. The number of aliphatic hydroxyl groups is 1. The van der Waals surface area contributed by atoms with Crippen molar-refractivity contribution in [3.05, 3.63) is 29.3 Å². The lowest BCUT2D eigenvalue weighted by atomic mass is 9.93. The topological polar surface area (TPSA) is 41.5 Å². The molecule has 0 saturated carbocycles. The number of benzene rings is 1. The second-order valence-electron chi connectivity index (χ2n) is 5.69. The van der Waals surface area contributed by atoms with E-state index in [4.69, 9.17) is 4.74 Å². The van der Waals surface area contributed by atoms with E-state index in [1.807, 2.05) is 19.1 Å². The summed E-state index contributed by atoms with van der Waals surface area (Å²) in [5.41, 5.74) is 1.22. The van der Waals surface area contributed by atoms with Gasteiger partial charge in [-0.2, -0.15) is 0 Å². The summed E-state index contributed by atoms with van der Waals surface area (Å²) in [6.07, 6.45) is 0.943. The molecule has 0 fully saturated rings. The Morgan fingerprint density at radius 2 is 2.22 bits per heavy atom. The van der Waals surface area contributed by atoms with Crippen LogP contribution in [0.2, 0.25) is 0 Å². The minimum atomic E-state index is -0.884. The Morgan fingerprint density at radius 3 is 2.94 bits per heavy atom. The summed E-state index contributed by atoms with van der Waals surface area (Å²) in [4.78, 5) is 0. The molecule has 3 heteroatoms. The van der Waals surface area contributed by atoms with Gasteiger partial charge in [-0.25, -0.2) is 0 Å². The minimum absolute atomic E-state index is 0.547. The van der Waals surface area contributed by atoms with Crippen LogP contribution < -0.4 is 10.1 Å². The zero-order valence-corrected chi connectivity index (χ0v) is 11.5. The highest BCUT2D eigenvalue weighted by Crippen LogP contribution is 2.35. The summed E-state index contributed by atoms with van der Waals surface area (Å²) in [6, 6.07) is 6.03. The highest BCUT2D eigenvalue weighted by atomic mass is 16.5. The van der Waals surface area contributed by atoms with Gasteiger partial charge in [0.1, 0.15) is 11.4 Å². The summed E-state index contributed by atoms with van der Waals surface area (Å²) in [7, 11) is 0. The average molecular weight is 249 g/mol. The smallest absolute Gasteiger partial charge is 0.128 e. The molecular weight excluding hydrogens is 226 g/mol. The third-order valence-corrected chi connectivity index (χ3v) is 3.32. The van der Waals surface area contributed by atoms with Crippen LogP contribution in [0, 0.1) is 5.92 Å². The van der Waals surface area contributed by atoms with Crippen LogP contribution in [-0.4, -0.2) is 24.8 Å². The Kier molecular flexibility index (Phi) is 3.93. The highest BCUT2D eigenvalue weighted by Gasteiger charge is 2.29. The van der Waals surface area contributed by atoms with Crippen molar-refractivity contribution in [2.45, 2.75) is 32.8 Å². The van der Waals surface area contributed by atoms with Crippen molar-refractivity contribution < 1.29 is 9.84 Å². The van der Waals surface area contributed by atoms with Crippen LogP contribution in [0.4, 0.5) is 0 Å². The predicted molar refractivity (Wildman–Crippen MR) is 72.9 cm³/mol. The van der Waals surface area contributed by atoms with Crippen molar-refractivity contribution in [3.8, 4) is 5.75 Å². The van der Waals surface area contributed by atoms with E-state index in [1.165, 1.54) is 5.56 Å². The Hall–Kier alpha value is -1.06. The van der Waals surface area contributed by atoms with Crippen LogP contribution in [0.25, 0.3) is 0 Å². The standard InChI is InChI=1S/C15H23NO2/c1-11(2)9-16-10-15(3,17)13-6-4-5-12-7-8-18-14(12)13/h4-6,11,16-17H,7-10H2,1-3H3. The molecular formula is C15H23NO2. The quantitative estimate of drug-likeness (QED) is 0.839. The molecule has 1 heterocycles. The molecule has 0 aliphatic carbocycles. The van der Waals surface area contributed by atoms with E-state index in [-0.39, 0.29) is 0 Å². The van der Waals surface area contributed by atoms with Gasteiger partial charge in [0, 0.05) is 18.5 Å². The summed E-state index contributed by atoms with van der Waals surface area (Å²) in [5.74, 6) is 1.47. The molecule has 0 bridgehead atoms. The lowest BCUT2D eigenvalue weighted by Crippen LogP contribution is -2.37. The van der Waals surface area contributed by atoms with Crippen LogP contribution in [0.5, 0.6) is 5.75 Å². The van der Waals surface area contributed by atoms with Crippen LogP contribution in [0.1, 0.15) is 31.9 Å². The third-order valence-electron chi connectivity index (χ3n) is 3.32. The summed E-state index contributed by atoms with van der Waals surface area (Å²) in [5, 5.41) is 13.9. The molecule has 18 heavy (non-hydrogen) atoms. The van der Waals surface area contributed by atoms with E-state index >= 15 is 0 Å². The summed E-state index contributed by atoms with van der Waals surface area (Å²) >= 11 is 0. The first kappa shape index (κ1) is 13.4. The first-order valence-corrected chi connectivity index (χ1v) is 6.69. The zero-order valence-electron chi connectivity index (χ0n) is 11.5. The fourth-order valence-electron chi connectivity index (χ4n) is 2.34. The first-order valence-electron chi connectivity index (χ1n) is 6.69. The molecule has 100 valence electrons. The molecule has 3 nitrogen and oxygen atoms in total. The second-order valence-corrected chi connectivity index (χ2v) is 5.69. The van der Waals surface area contributed by atoms with Crippen LogP contribution >= 0.6 is 0 Å². The minimum Gasteiger partial charge on any atom is -0.493 e. The van der Waals surface area contributed by atoms with Crippen molar-refractivity contribution in [2.75, 3.05) is 19.7 Å². The molecule has 1 unspecified atom stereocenters. The van der Waals surface area contributed by atoms with Crippen molar-refractivity contribution in [1.82, 2.24) is 5.32 Å². The Bertz CT molecular complexity index is 413. The Balaban J connectivity index is 2.12. The van der Waals surface area contributed by atoms with E-state index < -0.39 is 5.60 Å². The fourth-order valence-corrected chi connectivity index (χ4v) is 2.34. The van der Waals surface area contributed by atoms with Gasteiger partial charge in [0.25, 0.3) is 0 Å². The van der Waals surface area contributed by atoms with E-state index in [2.05, 4.69) is 25.2 Å². The van der Waals surface area contributed by atoms with Gasteiger partial charge in [-0.3, -0.25) is 0 Å². The van der Waals surface area contributed by atoms with Crippen LogP contribution in [0.15, 0.2) is 18.2 Å². The maximum atomic E-state index is 10.6. The first-order chi connectivity index (χ1) is 8.50. The molecule has 0 spiro atoms. The van der Waals surface area contributed by atoms with Gasteiger partial charge in [-0.1, -0.05) is 32.0 Å². The SMILES string of the molecule is CC(C)CNCC(C)(O)c1cccc2c1OCC2. The number of hydrogen-bond acceptors (Lipinski definition) is 3. The predicted octanol–water partition coefficient (Wildman–Crippen LogP) is 2.07. The maximum absolute atomic E-state index is 10.6. The molecule has 0 aromatic heterocycles. The van der Waals surface area contributed by atoms with Crippen molar-refractivity contribution in [2.24, 2.45) is 5.92 Å². The molecule has 1 aliphatic rings. The highest BCUT2D eigenvalue weighted by molar-refractivity contribution is 5.46.